The number of nitrogens with one attached hydrogen (secondary N) is 1. The van der Waals surface area contributed by atoms with Crippen LogP contribution in [0.3, 0.4) is 0 Å². The van der Waals surface area contributed by atoms with Gasteiger partial charge in [-0.3, -0.25) is 0 Å². The Hall–Kier alpha value is -2.54. The second-order valence-electron chi connectivity index (χ2n) is 11.5. The second-order valence-corrected chi connectivity index (χ2v) is 11.5. The SMILES string of the molecule is C=C(C)CC/C(=C\c1cc(NC(=C)C2(c3ccc(CCC)c(C)c3)CC2)ccc1C)C(C)(C)C. The summed E-state index contributed by atoms with van der Waals surface area (Å²) < 4.78 is 0. The van der Waals surface area contributed by atoms with Crippen LogP contribution in [0.25, 0.3) is 6.08 Å². The van der Waals surface area contributed by atoms with Crippen molar-refractivity contribution < 1.29 is 0 Å². The predicted molar refractivity (Wildman–Crippen MR) is 152 cm³/mol. The number of benzene rings is 2. The van der Waals surface area contributed by atoms with Crippen LogP contribution >= 0.6 is 0 Å². The van der Waals surface area contributed by atoms with Crippen LogP contribution in [0.1, 0.15) is 94.5 Å². The molecule has 1 aliphatic rings. The van der Waals surface area contributed by atoms with Crippen LogP contribution in [0, 0.1) is 19.3 Å². The standard InChI is InChI=1S/C33H45N/c1-10-11-27-14-16-30(20-25(27)5)33(18-19-33)26(6)34-31-17-13-24(4)28(22-31)21-29(32(7,8)9)15-12-23(2)3/h13-14,16-17,20-22,34H,2,6,10-12,15,18-19H2,1,3-5,7-9H3/b29-21+. The third-order valence-electron chi connectivity index (χ3n) is 7.43. The highest BCUT2D eigenvalue weighted by Crippen LogP contribution is 2.53. The van der Waals surface area contributed by atoms with E-state index in [1.54, 1.807) is 0 Å². The van der Waals surface area contributed by atoms with E-state index in [1.807, 2.05) is 0 Å². The van der Waals surface area contributed by atoms with Gasteiger partial charge in [0.05, 0.1) is 0 Å². The van der Waals surface area contributed by atoms with E-state index in [-0.39, 0.29) is 10.8 Å². The van der Waals surface area contributed by atoms with Crippen molar-refractivity contribution in [2.45, 2.75) is 92.4 Å². The van der Waals surface area contributed by atoms with Crippen LogP contribution in [-0.2, 0) is 11.8 Å². The average Bonchev–Trinajstić information content (AvgIpc) is 3.56. The third kappa shape index (κ3) is 6.12. The zero-order valence-electron chi connectivity index (χ0n) is 22.7. The van der Waals surface area contributed by atoms with Gasteiger partial charge in [-0.05, 0) is 98.2 Å². The van der Waals surface area contributed by atoms with E-state index in [2.05, 4.69) is 109 Å². The zero-order chi connectivity index (χ0) is 25.1. The number of allylic oxidation sites excluding steroid dienone is 3. The predicted octanol–water partition coefficient (Wildman–Crippen LogP) is 9.70. The molecule has 1 fully saturated rings. The molecule has 1 nitrogen and oxygen atoms in total. The number of anilines is 1. The molecule has 0 amide bonds. The average molecular weight is 456 g/mol. The molecule has 0 heterocycles. The molecule has 1 aliphatic carbocycles. The zero-order valence-corrected chi connectivity index (χ0v) is 22.7. The minimum atomic E-state index is 0.0639. The molecule has 182 valence electrons. The van der Waals surface area contributed by atoms with Crippen molar-refractivity contribution in [2.24, 2.45) is 5.41 Å². The van der Waals surface area contributed by atoms with Crippen molar-refractivity contribution in [3.05, 3.63) is 94.2 Å². The Balaban J connectivity index is 1.84. The molecule has 0 atom stereocenters. The smallest absolute Gasteiger partial charge is 0.0388 e. The summed E-state index contributed by atoms with van der Waals surface area (Å²) in [6, 6.07) is 13.8. The maximum Gasteiger partial charge on any atom is 0.0388 e. The first kappa shape index (κ1) is 26.1. The van der Waals surface area contributed by atoms with Crippen molar-refractivity contribution in [2.75, 3.05) is 5.32 Å². The minimum absolute atomic E-state index is 0.0639. The van der Waals surface area contributed by atoms with Crippen molar-refractivity contribution >= 4 is 11.8 Å². The maximum absolute atomic E-state index is 4.51. The summed E-state index contributed by atoms with van der Waals surface area (Å²) in [5, 5.41) is 3.69. The fraction of sp³-hybridized carbons (Fsp3) is 0.455. The highest BCUT2D eigenvalue weighted by atomic mass is 14.9. The first-order chi connectivity index (χ1) is 16.0. The first-order valence-corrected chi connectivity index (χ1v) is 13.0. The molecule has 0 aromatic heterocycles. The summed E-state index contributed by atoms with van der Waals surface area (Å²) in [7, 11) is 0. The lowest BCUT2D eigenvalue weighted by atomic mass is 9.81. The monoisotopic (exact) mass is 455 g/mol. The van der Waals surface area contributed by atoms with E-state index in [4.69, 9.17) is 0 Å². The van der Waals surface area contributed by atoms with Crippen LogP contribution in [-0.4, -0.2) is 0 Å². The molecule has 0 unspecified atom stereocenters. The van der Waals surface area contributed by atoms with Gasteiger partial charge in [-0.2, -0.15) is 0 Å². The molecule has 0 aliphatic heterocycles. The van der Waals surface area contributed by atoms with Crippen molar-refractivity contribution in [1.29, 1.82) is 0 Å². The van der Waals surface area contributed by atoms with Gasteiger partial charge in [-0.1, -0.05) is 82.2 Å². The first-order valence-electron chi connectivity index (χ1n) is 13.0. The van der Waals surface area contributed by atoms with Crippen LogP contribution in [0.5, 0.6) is 0 Å². The second kappa shape index (κ2) is 10.4. The molecule has 1 saturated carbocycles. The fourth-order valence-electron chi connectivity index (χ4n) is 4.80. The topological polar surface area (TPSA) is 12.0 Å². The Morgan fingerprint density at radius 3 is 2.26 bits per heavy atom. The lowest BCUT2D eigenvalue weighted by molar-refractivity contribution is 0.486. The molecular formula is C33H45N. The van der Waals surface area contributed by atoms with Crippen LogP contribution < -0.4 is 5.32 Å². The Labute approximate surface area is 209 Å². The van der Waals surface area contributed by atoms with Gasteiger partial charge in [0.1, 0.15) is 0 Å². The Morgan fingerprint density at radius 2 is 1.71 bits per heavy atom. The Kier molecular flexibility index (Phi) is 7.96. The molecule has 0 saturated heterocycles. The fourth-order valence-corrected chi connectivity index (χ4v) is 4.80. The summed E-state index contributed by atoms with van der Waals surface area (Å²) in [5.41, 5.74) is 12.0. The van der Waals surface area contributed by atoms with Crippen molar-refractivity contribution in [3.8, 4) is 0 Å². The molecule has 2 aromatic rings. The number of hydrogen-bond donors (Lipinski definition) is 1. The van der Waals surface area contributed by atoms with E-state index in [9.17, 15) is 0 Å². The highest BCUT2D eigenvalue weighted by Gasteiger charge is 2.47. The van der Waals surface area contributed by atoms with Gasteiger partial charge in [0.2, 0.25) is 0 Å². The van der Waals surface area contributed by atoms with Crippen LogP contribution in [0.15, 0.2) is 66.4 Å². The van der Waals surface area contributed by atoms with E-state index in [0.29, 0.717) is 0 Å². The number of rotatable bonds is 10. The van der Waals surface area contributed by atoms with E-state index in [1.165, 1.54) is 58.2 Å². The Bertz CT molecular complexity index is 1090. The number of hydrogen-bond acceptors (Lipinski definition) is 1. The van der Waals surface area contributed by atoms with Gasteiger partial charge in [-0.25, -0.2) is 0 Å². The van der Waals surface area contributed by atoms with E-state index < -0.39 is 0 Å². The molecular weight excluding hydrogens is 410 g/mol. The van der Waals surface area contributed by atoms with Gasteiger partial charge in [0.15, 0.2) is 0 Å². The van der Waals surface area contributed by atoms with E-state index >= 15 is 0 Å². The van der Waals surface area contributed by atoms with Crippen LogP contribution in [0.4, 0.5) is 5.69 Å². The van der Waals surface area contributed by atoms with Crippen LogP contribution in [0.2, 0.25) is 0 Å². The largest absolute Gasteiger partial charge is 0.359 e. The third-order valence-corrected chi connectivity index (χ3v) is 7.43. The van der Waals surface area contributed by atoms with Crippen molar-refractivity contribution in [3.63, 3.8) is 0 Å². The summed E-state index contributed by atoms with van der Waals surface area (Å²) in [4.78, 5) is 0. The summed E-state index contributed by atoms with van der Waals surface area (Å²) in [6.45, 7) is 24.4. The lowest BCUT2D eigenvalue weighted by Crippen LogP contribution is -2.17. The number of aryl methyl sites for hydroxylation is 3. The van der Waals surface area contributed by atoms with E-state index in [0.717, 1.165) is 30.6 Å². The molecule has 0 spiro atoms. The summed E-state index contributed by atoms with van der Waals surface area (Å²) in [6.07, 6.45) is 9.16. The maximum atomic E-state index is 4.51. The Morgan fingerprint density at radius 1 is 1.00 bits per heavy atom. The molecule has 34 heavy (non-hydrogen) atoms. The van der Waals surface area contributed by atoms with Gasteiger partial charge >= 0.3 is 0 Å². The van der Waals surface area contributed by atoms with Gasteiger partial charge in [0.25, 0.3) is 0 Å². The van der Waals surface area contributed by atoms with Crippen molar-refractivity contribution in [1.82, 2.24) is 0 Å². The molecule has 0 radical (unpaired) electrons. The molecule has 1 N–H and O–H groups in total. The lowest BCUT2D eigenvalue weighted by Gasteiger charge is -2.25. The molecule has 1 heteroatoms. The van der Waals surface area contributed by atoms with Gasteiger partial charge < -0.3 is 5.32 Å². The minimum Gasteiger partial charge on any atom is -0.359 e. The van der Waals surface area contributed by atoms with Gasteiger partial charge in [-0.15, -0.1) is 6.58 Å². The summed E-state index contributed by atoms with van der Waals surface area (Å²) in [5.74, 6) is 0. The quantitative estimate of drug-likeness (QED) is 0.351. The molecule has 0 bridgehead atoms. The van der Waals surface area contributed by atoms with Gasteiger partial charge in [0, 0.05) is 16.8 Å². The molecule has 2 aromatic carbocycles. The molecule has 3 rings (SSSR count). The normalized spacial score (nSPS) is 15.2. The summed E-state index contributed by atoms with van der Waals surface area (Å²) >= 11 is 0. The highest BCUT2D eigenvalue weighted by molar-refractivity contribution is 5.65.